The van der Waals surface area contributed by atoms with Crippen LogP contribution in [0.3, 0.4) is 0 Å². The molecule has 2 N–H and O–H groups in total. The van der Waals surface area contributed by atoms with Crippen LogP contribution < -0.4 is 5.73 Å². The summed E-state index contributed by atoms with van der Waals surface area (Å²) in [7, 11) is 0. The Balaban J connectivity index is 1.98. The Bertz CT molecular complexity index is 383. The maximum atomic E-state index is 11.0. The van der Waals surface area contributed by atoms with E-state index in [-0.39, 0.29) is 5.91 Å². The zero-order valence-electron chi connectivity index (χ0n) is 13.6. The van der Waals surface area contributed by atoms with Crippen LogP contribution in [0.5, 0.6) is 0 Å². The molecule has 0 aromatic heterocycles. The first kappa shape index (κ1) is 17.7. The molecule has 1 rings (SSSR count). The van der Waals surface area contributed by atoms with E-state index in [0.717, 1.165) is 6.42 Å². The fourth-order valence-electron chi connectivity index (χ4n) is 2.65. The molecule has 0 aliphatic rings. The number of rotatable bonds is 12. The number of hydrogen-bond acceptors (Lipinski definition) is 1. The molecule has 21 heavy (non-hydrogen) atoms. The average Bonchev–Trinajstić information content (AvgIpc) is 2.49. The van der Waals surface area contributed by atoms with Gasteiger partial charge in [-0.05, 0) is 30.5 Å². The topological polar surface area (TPSA) is 43.1 Å². The van der Waals surface area contributed by atoms with Crippen molar-refractivity contribution in [3.05, 3.63) is 35.4 Å². The van der Waals surface area contributed by atoms with Crippen LogP contribution in [0.25, 0.3) is 0 Å². The van der Waals surface area contributed by atoms with Gasteiger partial charge in [0.05, 0.1) is 0 Å². The zero-order chi connectivity index (χ0) is 15.3. The minimum atomic E-state index is -0.347. The van der Waals surface area contributed by atoms with Crippen molar-refractivity contribution in [2.45, 2.75) is 77.6 Å². The van der Waals surface area contributed by atoms with Crippen molar-refractivity contribution in [3.63, 3.8) is 0 Å². The zero-order valence-corrected chi connectivity index (χ0v) is 13.6. The van der Waals surface area contributed by atoms with Gasteiger partial charge in [0.25, 0.3) is 0 Å². The SMILES string of the molecule is CCCCCCCCCCCCc1ccc(C(N)=O)cc1. The van der Waals surface area contributed by atoms with E-state index in [1.165, 1.54) is 69.8 Å². The first-order valence-corrected chi connectivity index (χ1v) is 8.62. The van der Waals surface area contributed by atoms with Crippen molar-refractivity contribution in [2.24, 2.45) is 5.73 Å². The van der Waals surface area contributed by atoms with Crippen LogP contribution in [0.4, 0.5) is 0 Å². The van der Waals surface area contributed by atoms with Gasteiger partial charge >= 0.3 is 0 Å². The summed E-state index contributed by atoms with van der Waals surface area (Å²) in [5.41, 5.74) is 7.14. The third kappa shape index (κ3) is 8.54. The lowest BCUT2D eigenvalue weighted by Gasteiger charge is -2.04. The Labute approximate surface area is 130 Å². The lowest BCUT2D eigenvalue weighted by molar-refractivity contribution is 0.100. The second-order valence-electron chi connectivity index (χ2n) is 5.99. The number of carbonyl (C=O) groups is 1. The number of amides is 1. The summed E-state index contributed by atoms with van der Waals surface area (Å²) in [5, 5.41) is 0. The molecule has 0 aliphatic heterocycles. The van der Waals surface area contributed by atoms with Crippen LogP contribution in [0.2, 0.25) is 0 Å². The van der Waals surface area contributed by atoms with Crippen LogP contribution in [0, 0.1) is 0 Å². The second-order valence-corrected chi connectivity index (χ2v) is 5.99. The third-order valence-corrected chi connectivity index (χ3v) is 4.06. The van der Waals surface area contributed by atoms with Crippen molar-refractivity contribution in [2.75, 3.05) is 0 Å². The molecule has 118 valence electrons. The molecule has 1 amide bonds. The summed E-state index contributed by atoms with van der Waals surface area (Å²) in [4.78, 5) is 11.0. The third-order valence-electron chi connectivity index (χ3n) is 4.06. The van der Waals surface area contributed by atoms with Gasteiger partial charge < -0.3 is 5.73 Å². The van der Waals surface area contributed by atoms with Crippen LogP contribution in [0.15, 0.2) is 24.3 Å². The van der Waals surface area contributed by atoms with E-state index >= 15 is 0 Å². The molecule has 0 aliphatic carbocycles. The average molecular weight is 289 g/mol. The minimum Gasteiger partial charge on any atom is -0.366 e. The molecule has 0 saturated carbocycles. The first-order chi connectivity index (χ1) is 10.2. The fraction of sp³-hybridized carbons (Fsp3) is 0.632. The Morgan fingerprint density at radius 3 is 1.76 bits per heavy atom. The molecular formula is C19H31NO. The summed E-state index contributed by atoms with van der Waals surface area (Å²) in [5.74, 6) is -0.347. The molecule has 0 atom stereocenters. The summed E-state index contributed by atoms with van der Waals surface area (Å²) in [6.45, 7) is 2.27. The van der Waals surface area contributed by atoms with E-state index in [9.17, 15) is 4.79 Å². The Hall–Kier alpha value is -1.31. The number of nitrogens with two attached hydrogens (primary N) is 1. The van der Waals surface area contributed by atoms with Gasteiger partial charge in [-0.1, -0.05) is 76.8 Å². The van der Waals surface area contributed by atoms with Crippen molar-refractivity contribution < 1.29 is 4.79 Å². The van der Waals surface area contributed by atoms with Crippen LogP contribution >= 0.6 is 0 Å². The highest BCUT2D eigenvalue weighted by molar-refractivity contribution is 5.92. The molecule has 1 aromatic carbocycles. The molecule has 0 saturated heterocycles. The predicted molar refractivity (Wildman–Crippen MR) is 90.5 cm³/mol. The lowest BCUT2D eigenvalue weighted by atomic mass is 10.0. The van der Waals surface area contributed by atoms with E-state index in [4.69, 9.17) is 5.73 Å². The Kier molecular flexibility index (Phi) is 9.60. The molecule has 2 heteroatoms. The quantitative estimate of drug-likeness (QED) is 0.525. The molecule has 2 nitrogen and oxygen atoms in total. The van der Waals surface area contributed by atoms with Gasteiger partial charge in [0.15, 0.2) is 0 Å². The van der Waals surface area contributed by atoms with Gasteiger partial charge in [-0.2, -0.15) is 0 Å². The summed E-state index contributed by atoms with van der Waals surface area (Å²) in [6, 6.07) is 7.70. The highest BCUT2D eigenvalue weighted by atomic mass is 16.1. The van der Waals surface area contributed by atoms with E-state index in [2.05, 4.69) is 6.92 Å². The van der Waals surface area contributed by atoms with Crippen LogP contribution in [-0.2, 0) is 6.42 Å². The fourth-order valence-corrected chi connectivity index (χ4v) is 2.65. The number of primary amides is 1. The molecule has 0 radical (unpaired) electrons. The maximum absolute atomic E-state index is 11.0. The maximum Gasteiger partial charge on any atom is 0.248 e. The number of benzene rings is 1. The minimum absolute atomic E-state index is 0.347. The lowest BCUT2D eigenvalue weighted by Crippen LogP contribution is -2.10. The Morgan fingerprint density at radius 1 is 0.810 bits per heavy atom. The van der Waals surface area contributed by atoms with Crippen LogP contribution in [-0.4, -0.2) is 5.91 Å². The molecule has 0 fully saturated rings. The highest BCUT2D eigenvalue weighted by Crippen LogP contribution is 2.13. The van der Waals surface area contributed by atoms with E-state index in [0.29, 0.717) is 5.56 Å². The van der Waals surface area contributed by atoms with Gasteiger partial charge in [-0.15, -0.1) is 0 Å². The molecular weight excluding hydrogens is 258 g/mol. The monoisotopic (exact) mass is 289 g/mol. The standard InChI is InChI=1S/C19H31NO/c1-2-3-4-5-6-7-8-9-10-11-12-17-13-15-18(16-14-17)19(20)21/h13-16H,2-12H2,1H3,(H2,20,21). The molecule has 0 heterocycles. The molecule has 0 unspecified atom stereocenters. The van der Waals surface area contributed by atoms with Gasteiger partial charge in [-0.3, -0.25) is 4.79 Å². The van der Waals surface area contributed by atoms with Gasteiger partial charge in [0.2, 0.25) is 5.91 Å². The predicted octanol–water partition coefficient (Wildman–Crippen LogP) is 5.25. The smallest absolute Gasteiger partial charge is 0.248 e. The normalized spacial score (nSPS) is 10.7. The summed E-state index contributed by atoms with van der Waals surface area (Å²) in [6.07, 6.45) is 14.8. The van der Waals surface area contributed by atoms with E-state index < -0.39 is 0 Å². The molecule has 0 spiro atoms. The highest BCUT2D eigenvalue weighted by Gasteiger charge is 1.99. The van der Waals surface area contributed by atoms with Gasteiger partial charge in [0, 0.05) is 5.56 Å². The van der Waals surface area contributed by atoms with Crippen molar-refractivity contribution in [1.82, 2.24) is 0 Å². The second kappa shape index (κ2) is 11.4. The molecule has 1 aromatic rings. The van der Waals surface area contributed by atoms with Crippen molar-refractivity contribution >= 4 is 5.91 Å². The number of carbonyl (C=O) groups excluding carboxylic acids is 1. The van der Waals surface area contributed by atoms with Crippen molar-refractivity contribution in [3.8, 4) is 0 Å². The van der Waals surface area contributed by atoms with Crippen molar-refractivity contribution in [1.29, 1.82) is 0 Å². The number of unbranched alkanes of at least 4 members (excludes halogenated alkanes) is 9. The first-order valence-electron chi connectivity index (χ1n) is 8.62. The van der Waals surface area contributed by atoms with Gasteiger partial charge in [-0.25, -0.2) is 0 Å². The number of aryl methyl sites for hydroxylation is 1. The summed E-state index contributed by atoms with van der Waals surface area (Å²) < 4.78 is 0. The largest absolute Gasteiger partial charge is 0.366 e. The molecule has 0 bridgehead atoms. The van der Waals surface area contributed by atoms with Gasteiger partial charge in [0.1, 0.15) is 0 Å². The number of hydrogen-bond donors (Lipinski definition) is 1. The van der Waals surface area contributed by atoms with E-state index in [1.54, 1.807) is 0 Å². The summed E-state index contributed by atoms with van der Waals surface area (Å²) >= 11 is 0. The Morgan fingerprint density at radius 2 is 1.29 bits per heavy atom. The van der Waals surface area contributed by atoms with Crippen LogP contribution in [0.1, 0.15) is 87.1 Å². The van der Waals surface area contributed by atoms with E-state index in [1.807, 2.05) is 24.3 Å².